The molecule has 0 aliphatic rings. The smallest absolute Gasteiger partial charge is 0.293 e. The molecule has 1 N–H and O–H groups in total. The van der Waals surface area contributed by atoms with E-state index in [1.807, 2.05) is 19.9 Å². The molecule has 6 heteroatoms. The van der Waals surface area contributed by atoms with E-state index in [9.17, 15) is 4.79 Å². The second kappa shape index (κ2) is 6.18. The van der Waals surface area contributed by atoms with Gasteiger partial charge in [0, 0.05) is 19.5 Å². The predicted octanol–water partition coefficient (Wildman–Crippen LogP) is 2.07. The van der Waals surface area contributed by atoms with E-state index in [1.54, 1.807) is 25.2 Å². The van der Waals surface area contributed by atoms with Crippen LogP contribution in [0.25, 0.3) is 0 Å². The van der Waals surface area contributed by atoms with Crippen LogP contribution in [0.3, 0.4) is 0 Å². The van der Waals surface area contributed by atoms with E-state index >= 15 is 0 Å². The molecule has 6 nitrogen and oxygen atoms in total. The van der Waals surface area contributed by atoms with E-state index in [0.29, 0.717) is 17.9 Å². The highest BCUT2D eigenvalue weighted by Crippen LogP contribution is 2.11. The zero-order valence-electron chi connectivity index (χ0n) is 12.3. The Morgan fingerprint density at radius 3 is 2.86 bits per heavy atom. The number of aromatic nitrogens is 3. The van der Waals surface area contributed by atoms with Crippen molar-refractivity contribution in [2.24, 2.45) is 0 Å². The van der Waals surface area contributed by atoms with Gasteiger partial charge < -0.3 is 4.90 Å². The van der Waals surface area contributed by atoms with Crippen molar-refractivity contribution in [2.45, 2.75) is 26.3 Å². The Kier molecular flexibility index (Phi) is 4.33. The first kappa shape index (κ1) is 14.7. The zero-order valence-corrected chi connectivity index (χ0v) is 12.3. The van der Waals surface area contributed by atoms with Crippen LogP contribution in [0.1, 0.15) is 47.3 Å². The molecule has 0 radical (unpaired) electrons. The van der Waals surface area contributed by atoms with Crippen LogP contribution >= 0.6 is 0 Å². The van der Waals surface area contributed by atoms with E-state index in [0.717, 1.165) is 5.56 Å². The van der Waals surface area contributed by atoms with Crippen molar-refractivity contribution in [3.8, 4) is 6.07 Å². The standard InChI is InChI=1S/C15H17N5O/c1-10(2)13-17-14(19-18-13)15(21)20(3)9-12-6-4-5-11(7-12)8-16/h4-7,10H,9H2,1-3H3,(H,17,18,19). The van der Waals surface area contributed by atoms with Gasteiger partial charge in [0.25, 0.3) is 5.91 Å². The van der Waals surface area contributed by atoms with Gasteiger partial charge in [-0.3, -0.25) is 9.89 Å². The summed E-state index contributed by atoms with van der Waals surface area (Å²) in [5.41, 5.74) is 1.47. The first-order valence-electron chi connectivity index (χ1n) is 6.68. The van der Waals surface area contributed by atoms with Gasteiger partial charge in [-0.25, -0.2) is 4.98 Å². The lowest BCUT2D eigenvalue weighted by atomic mass is 10.1. The third kappa shape index (κ3) is 3.45. The minimum Gasteiger partial charge on any atom is -0.335 e. The van der Waals surface area contributed by atoms with E-state index < -0.39 is 0 Å². The zero-order chi connectivity index (χ0) is 15.4. The molecule has 2 rings (SSSR count). The fraction of sp³-hybridized carbons (Fsp3) is 0.333. The maximum atomic E-state index is 12.3. The fourth-order valence-electron chi connectivity index (χ4n) is 1.88. The van der Waals surface area contributed by atoms with E-state index in [4.69, 9.17) is 5.26 Å². The quantitative estimate of drug-likeness (QED) is 0.930. The highest BCUT2D eigenvalue weighted by Gasteiger charge is 2.18. The van der Waals surface area contributed by atoms with Crippen molar-refractivity contribution in [3.63, 3.8) is 0 Å². The predicted molar refractivity (Wildman–Crippen MR) is 77.4 cm³/mol. The van der Waals surface area contributed by atoms with Crippen LogP contribution in [-0.4, -0.2) is 33.0 Å². The molecule has 0 aliphatic carbocycles. The molecule has 1 aromatic heterocycles. The molecule has 2 aromatic rings. The fourth-order valence-corrected chi connectivity index (χ4v) is 1.88. The van der Waals surface area contributed by atoms with Crippen molar-refractivity contribution >= 4 is 5.91 Å². The van der Waals surface area contributed by atoms with Crippen LogP contribution in [-0.2, 0) is 6.54 Å². The third-order valence-electron chi connectivity index (χ3n) is 3.06. The Balaban J connectivity index is 2.10. The second-order valence-corrected chi connectivity index (χ2v) is 5.17. The molecule has 0 atom stereocenters. The Labute approximate surface area is 123 Å². The topological polar surface area (TPSA) is 85.7 Å². The monoisotopic (exact) mass is 283 g/mol. The van der Waals surface area contributed by atoms with Gasteiger partial charge in [0.05, 0.1) is 11.6 Å². The molecule has 0 saturated heterocycles. The molecule has 0 aliphatic heterocycles. The molecule has 1 heterocycles. The Hall–Kier alpha value is -2.68. The highest BCUT2D eigenvalue weighted by molar-refractivity contribution is 5.90. The number of nitrogens with zero attached hydrogens (tertiary/aromatic N) is 4. The lowest BCUT2D eigenvalue weighted by molar-refractivity contribution is 0.0773. The number of rotatable bonds is 4. The molecule has 0 bridgehead atoms. The number of aromatic amines is 1. The summed E-state index contributed by atoms with van der Waals surface area (Å²) < 4.78 is 0. The number of nitrogens with one attached hydrogen (secondary N) is 1. The third-order valence-corrected chi connectivity index (χ3v) is 3.06. The van der Waals surface area contributed by atoms with Gasteiger partial charge in [-0.05, 0) is 17.7 Å². The summed E-state index contributed by atoms with van der Waals surface area (Å²) in [7, 11) is 1.69. The molecule has 108 valence electrons. The van der Waals surface area contributed by atoms with Crippen molar-refractivity contribution in [2.75, 3.05) is 7.05 Å². The molecule has 0 fully saturated rings. The summed E-state index contributed by atoms with van der Waals surface area (Å²) in [6.07, 6.45) is 0. The first-order chi connectivity index (χ1) is 10.0. The summed E-state index contributed by atoms with van der Waals surface area (Å²) in [6.45, 7) is 4.36. The van der Waals surface area contributed by atoms with Gasteiger partial charge in [0.15, 0.2) is 0 Å². The van der Waals surface area contributed by atoms with Gasteiger partial charge in [-0.1, -0.05) is 26.0 Å². The summed E-state index contributed by atoms with van der Waals surface area (Å²) in [4.78, 5) is 18.0. The van der Waals surface area contributed by atoms with Crippen LogP contribution in [0.4, 0.5) is 0 Å². The number of hydrogen-bond acceptors (Lipinski definition) is 4. The Morgan fingerprint density at radius 2 is 2.24 bits per heavy atom. The second-order valence-electron chi connectivity index (χ2n) is 5.17. The molecule has 0 unspecified atom stereocenters. The van der Waals surface area contributed by atoms with Gasteiger partial charge in [0.1, 0.15) is 5.82 Å². The summed E-state index contributed by atoms with van der Waals surface area (Å²) >= 11 is 0. The van der Waals surface area contributed by atoms with Crippen molar-refractivity contribution in [1.82, 2.24) is 20.1 Å². The van der Waals surface area contributed by atoms with Gasteiger partial charge in [0.2, 0.25) is 5.82 Å². The van der Waals surface area contributed by atoms with E-state index in [1.165, 1.54) is 4.90 Å². The van der Waals surface area contributed by atoms with Crippen LogP contribution in [0.15, 0.2) is 24.3 Å². The molecule has 1 amide bonds. The molecule has 0 saturated carbocycles. The molecular weight excluding hydrogens is 266 g/mol. The maximum absolute atomic E-state index is 12.3. The molecule has 0 spiro atoms. The average Bonchev–Trinajstić information content (AvgIpc) is 2.96. The first-order valence-corrected chi connectivity index (χ1v) is 6.68. The minimum absolute atomic E-state index is 0.164. The molecule has 1 aromatic carbocycles. The largest absolute Gasteiger partial charge is 0.335 e. The number of carbonyl (C=O) groups is 1. The minimum atomic E-state index is -0.250. The normalized spacial score (nSPS) is 10.4. The lowest BCUT2D eigenvalue weighted by Crippen LogP contribution is -2.27. The summed E-state index contributed by atoms with van der Waals surface area (Å²) in [6, 6.07) is 9.26. The maximum Gasteiger partial charge on any atom is 0.293 e. The van der Waals surface area contributed by atoms with Crippen molar-refractivity contribution < 1.29 is 4.79 Å². The number of hydrogen-bond donors (Lipinski definition) is 1. The molecule has 21 heavy (non-hydrogen) atoms. The summed E-state index contributed by atoms with van der Waals surface area (Å²) in [5, 5.41) is 15.6. The number of amides is 1. The van der Waals surface area contributed by atoms with Crippen molar-refractivity contribution in [1.29, 1.82) is 5.26 Å². The van der Waals surface area contributed by atoms with E-state index in [-0.39, 0.29) is 17.6 Å². The number of carbonyl (C=O) groups excluding carboxylic acids is 1. The Bertz CT molecular complexity index is 683. The number of nitriles is 1. The van der Waals surface area contributed by atoms with Gasteiger partial charge in [-0.15, -0.1) is 5.10 Å². The Morgan fingerprint density at radius 1 is 1.48 bits per heavy atom. The average molecular weight is 283 g/mol. The van der Waals surface area contributed by atoms with Crippen LogP contribution in [0, 0.1) is 11.3 Å². The highest BCUT2D eigenvalue weighted by atomic mass is 16.2. The van der Waals surface area contributed by atoms with Crippen LogP contribution < -0.4 is 0 Å². The SMILES string of the molecule is CC(C)c1nc(C(=O)N(C)Cc2cccc(C#N)c2)n[nH]1. The summed E-state index contributed by atoms with van der Waals surface area (Å²) in [5.74, 6) is 0.799. The van der Waals surface area contributed by atoms with Crippen molar-refractivity contribution in [3.05, 3.63) is 47.0 Å². The van der Waals surface area contributed by atoms with Gasteiger partial charge >= 0.3 is 0 Å². The number of benzene rings is 1. The number of H-pyrrole nitrogens is 1. The molecular formula is C15H17N5O. The van der Waals surface area contributed by atoms with Crippen LogP contribution in [0.2, 0.25) is 0 Å². The van der Waals surface area contributed by atoms with Gasteiger partial charge in [-0.2, -0.15) is 5.26 Å². The lowest BCUT2D eigenvalue weighted by Gasteiger charge is -2.15. The van der Waals surface area contributed by atoms with E-state index in [2.05, 4.69) is 21.3 Å². The van der Waals surface area contributed by atoms with Crippen LogP contribution in [0.5, 0.6) is 0 Å².